The van der Waals surface area contributed by atoms with E-state index >= 15 is 0 Å². The summed E-state index contributed by atoms with van der Waals surface area (Å²) >= 11 is 0. The number of carbonyl (C=O) groups excluding carboxylic acids is 1. The summed E-state index contributed by atoms with van der Waals surface area (Å²) in [6.45, 7) is 1.40. The number of hydrogen-bond acceptors (Lipinski definition) is 3. The first-order valence-corrected chi connectivity index (χ1v) is 6.17. The summed E-state index contributed by atoms with van der Waals surface area (Å²) in [7, 11) is 1.72. The van der Waals surface area contributed by atoms with E-state index in [1.54, 1.807) is 13.2 Å². The van der Waals surface area contributed by atoms with Crippen LogP contribution in [-0.2, 0) is 15.9 Å². The normalized spacial score (nSPS) is 18.5. The molecular weight excluding hydrogens is 230 g/mol. The van der Waals surface area contributed by atoms with E-state index in [1.807, 2.05) is 18.2 Å². The summed E-state index contributed by atoms with van der Waals surface area (Å²) in [6.07, 6.45) is 2.39. The first-order valence-electron chi connectivity index (χ1n) is 6.17. The lowest BCUT2D eigenvalue weighted by molar-refractivity contribution is -0.0888. The second kappa shape index (κ2) is 5.50. The molecular formula is C14H19NO3. The van der Waals surface area contributed by atoms with E-state index in [4.69, 9.17) is 15.2 Å². The van der Waals surface area contributed by atoms with E-state index in [-0.39, 0.29) is 11.5 Å². The van der Waals surface area contributed by atoms with E-state index in [9.17, 15) is 4.79 Å². The Kier molecular flexibility index (Phi) is 3.99. The molecule has 98 valence electrons. The van der Waals surface area contributed by atoms with Crippen molar-refractivity contribution in [3.63, 3.8) is 0 Å². The van der Waals surface area contributed by atoms with Gasteiger partial charge in [-0.2, -0.15) is 0 Å². The number of hydrogen-bond donors (Lipinski definition) is 1. The standard InChI is InChI=1S/C14H19NO3/c1-17-14(6-8-18-9-7-14)10-11-4-2-3-5-12(11)13(15)16/h2-5H,6-10H2,1H3,(H2,15,16). The summed E-state index contributed by atoms with van der Waals surface area (Å²) in [6, 6.07) is 7.45. The lowest BCUT2D eigenvalue weighted by Crippen LogP contribution is -2.40. The van der Waals surface area contributed by atoms with Crippen LogP contribution in [0, 0.1) is 0 Å². The Hall–Kier alpha value is -1.39. The van der Waals surface area contributed by atoms with E-state index in [2.05, 4.69) is 0 Å². The van der Waals surface area contributed by atoms with Crippen molar-refractivity contribution in [2.45, 2.75) is 24.9 Å². The van der Waals surface area contributed by atoms with Crippen molar-refractivity contribution in [3.8, 4) is 0 Å². The first kappa shape index (κ1) is 13.1. The van der Waals surface area contributed by atoms with Gasteiger partial charge in [0.1, 0.15) is 0 Å². The summed E-state index contributed by atoms with van der Waals surface area (Å²) in [5, 5.41) is 0. The average molecular weight is 249 g/mol. The van der Waals surface area contributed by atoms with Crippen LogP contribution in [0.4, 0.5) is 0 Å². The van der Waals surface area contributed by atoms with Crippen LogP contribution in [0.15, 0.2) is 24.3 Å². The van der Waals surface area contributed by atoms with Gasteiger partial charge in [-0.3, -0.25) is 4.79 Å². The van der Waals surface area contributed by atoms with E-state index < -0.39 is 0 Å². The fraction of sp³-hybridized carbons (Fsp3) is 0.500. The van der Waals surface area contributed by atoms with Crippen molar-refractivity contribution >= 4 is 5.91 Å². The first-order chi connectivity index (χ1) is 8.67. The minimum absolute atomic E-state index is 0.232. The maximum absolute atomic E-state index is 11.4. The zero-order valence-electron chi connectivity index (χ0n) is 10.6. The quantitative estimate of drug-likeness (QED) is 0.880. The van der Waals surface area contributed by atoms with Crippen molar-refractivity contribution in [2.75, 3.05) is 20.3 Å². The van der Waals surface area contributed by atoms with Gasteiger partial charge in [0.05, 0.1) is 5.60 Å². The lowest BCUT2D eigenvalue weighted by atomic mass is 9.85. The average Bonchev–Trinajstić information content (AvgIpc) is 2.40. The molecule has 0 aliphatic carbocycles. The topological polar surface area (TPSA) is 61.5 Å². The Bertz CT molecular complexity index is 425. The van der Waals surface area contributed by atoms with Gasteiger partial charge in [0.15, 0.2) is 0 Å². The summed E-state index contributed by atoms with van der Waals surface area (Å²) in [5.41, 5.74) is 6.70. The molecule has 1 amide bonds. The predicted octanol–water partition coefficient (Wildman–Crippen LogP) is 1.52. The van der Waals surface area contributed by atoms with Gasteiger partial charge in [-0.25, -0.2) is 0 Å². The molecule has 0 radical (unpaired) electrons. The van der Waals surface area contributed by atoms with Crippen LogP contribution in [0.25, 0.3) is 0 Å². The number of amides is 1. The molecule has 1 aliphatic heterocycles. The maximum Gasteiger partial charge on any atom is 0.248 e. The number of nitrogens with two attached hydrogens (primary N) is 1. The number of benzene rings is 1. The molecule has 1 fully saturated rings. The highest BCUT2D eigenvalue weighted by Gasteiger charge is 2.33. The molecule has 1 aliphatic rings. The summed E-state index contributed by atoms with van der Waals surface area (Å²) < 4.78 is 11.1. The van der Waals surface area contributed by atoms with Gasteiger partial charge in [0.2, 0.25) is 5.91 Å². The Balaban J connectivity index is 2.24. The number of carbonyl (C=O) groups is 1. The molecule has 0 atom stereocenters. The Morgan fingerprint density at radius 2 is 2.06 bits per heavy atom. The zero-order valence-corrected chi connectivity index (χ0v) is 10.6. The molecule has 0 saturated carbocycles. The molecule has 0 bridgehead atoms. The molecule has 4 nitrogen and oxygen atoms in total. The molecule has 1 aromatic rings. The zero-order chi connectivity index (χ0) is 13.0. The van der Waals surface area contributed by atoms with E-state index in [0.29, 0.717) is 25.2 Å². The predicted molar refractivity (Wildman–Crippen MR) is 68.5 cm³/mol. The minimum Gasteiger partial charge on any atom is -0.381 e. The fourth-order valence-corrected chi connectivity index (χ4v) is 2.46. The molecule has 0 unspecified atom stereocenters. The maximum atomic E-state index is 11.4. The largest absolute Gasteiger partial charge is 0.381 e. The van der Waals surface area contributed by atoms with Crippen molar-refractivity contribution in [1.29, 1.82) is 0 Å². The van der Waals surface area contributed by atoms with Crippen LogP contribution >= 0.6 is 0 Å². The molecule has 18 heavy (non-hydrogen) atoms. The van der Waals surface area contributed by atoms with Crippen LogP contribution in [0.5, 0.6) is 0 Å². The van der Waals surface area contributed by atoms with Gasteiger partial charge in [-0.1, -0.05) is 18.2 Å². The highest BCUT2D eigenvalue weighted by atomic mass is 16.5. The molecule has 1 heterocycles. The van der Waals surface area contributed by atoms with Crippen LogP contribution in [-0.4, -0.2) is 31.8 Å². The highest BCUT2D eigenvalue weighted by Crippen LogP contribution is 2.29. The van der Waals surface area contributed by atoms with Gasteiger partial charge in [0, 0.05) is 45.1 Å². The molecule has 0 aromatic heterocycles. The molecule has 4 heteroatoms. The van der Waals surface area contributed by atoms with Gasteiger partial charge in [-0.15, -0.1) is 0 Å². The van der Waals surface area contributed by atoms with Crippen LogP contribution in [0.1, 0.15) is 28.8 Å². The Morgan fingerprint density at radius 1 is 1.39 bits per heavy atom. The number of methoxy groups -OCH3 is 1. The molecule has 1 aromatic carbocycles. The van der Waals surface area contributed by atoms with Crippen LogP contribution < -0.4 is 5.73 Å². The molecule has 1 saturated heterocycles. The highest BCUT2D eigenvalue weighted by molar-refractivity contribution is 5.94. The van der Waals surface area contributed by atoms with Crippen molar-refractivity contribution in [1.82, 2.24) is 0 Å². The monoisotopic (exact) mass is 249 g/mol. The summed E-state index contributed by atoms with van der Waals surface area (Å²) in [4.78, 5) is 11.4. The molecule has 2 rings (SSSR count). The fourth-order valence-electron chi connectivity index (χ4n) is 2.46. The van der Waals surface area contributed by atoms with Crippen LogP contribution in [0.3, 0.4) is 0 Å². The van der Waals surface area contributed by atoms with E-state index in [0.717, 1.165) is 18.4 Å². The van der Waals surface area contributed by atoms with Gasteiger partial charge < -0.3 is 15.2 Å². The smallest absolute Gasteiger partial charge is 0.248 e. The number of rotatable bonds is 4. The third-order valence-electron chi connectivity index (χ3n) is 3.63. The second-order valence-corrected chi connectivity index (χ2v) is 4.70. The molecule has 0 spiro atoms. The molecule has 2 N–H and O–H groups in total. The Labute approximate surface area is 107 Å². The Morgan fingerprint density at radius 3 is 2.67 bits per heavy atom. The third kappa shape index (κ3) is 2.71. The van der Waals surface area contributed by atoms with Crippen molar-refractivity contribution < 1.29 is 14.3 Å². The number of primary amides is 1. The van der Waals surface area contributed by atoms with Crippen molar-refractivity contribution in [2.24, 2.45) is 5.73 Å². The second-order valence-electron chi connectivity index (χ2n) is 4.70. The van der Waals surface area contributed by atoms with Gasteiger partial charge >= 0.3 is 0 Å². The summed E-state index contributed by atoms with van der Waals surface area (Å²) in [5.74, 6) is -0.385. The van der Waals surface area contributed by atoms with Gasteiger partial charge in [0.25, 0.3) is 0 Å². The lowest BCUT2D eigenvalue weighted by Gasteiger charge is -2.36. The van der Waals surface area contributed by atoms with Crippen molar-refractivity contribution in [3.05, 3.63) is 35.4 Å². The third-order valence-corrected chi connectivity index (χ3v) is 3.63. The number of ether oxygens (including phenoxy) is 2. The minimum atomic E-state index is -0.385. The van der Waals surface area contributed by atoms with Crippen LogP contribution in [0.2, 0.25) is 0 Å². The van der Waals surface area contributed by atoms with Gasteiger partial charge in [-0.05, 0) is 11.6 Å². The van der Waals surface area contributed by atoms with E-state index in [1.165, 1.54) is 0 Å². The SMILES string of the molecule is COC1(Cc2ccccc2C(N)=O)CCOCC1.